The van der Waals surface area contributed by atoms with Crippen LogP contribution in [0.4, 0.5) is 0 Å². The van der Waals surface area contributed by atoms with Crippen molar-refractivity contribution in [2.24, 2.45) is 0 Å². The van der Waals surface area contributed by atoms with E-state index in [0.717, 1.165) is 5.56 Å². The van der Waals surface area contributed by atoms with Gasteiger partial charge in [-0.15, -0.1) is 12.3 Å². The Balaban J connectivity index is 2.73. The molecule has 1 rings (SSSR count). The minimum Gasteiger partial charge on any atom is -0.496 e. The number of aryl methyl sites for hydroxylation is 1. The maximum absolute atomic E-state index is 11.6. The third kappa shape index (κ3) is 3.03. The Labute approximate surface area is 95.4 Å². The first-order valence-electron chi connectivity index (χ1n) is 4.94. The van der Waals surface area contributed by atoms with Crippen molar-refractivity contribution < 1.29 is 14.3 Å². The molecule has 0 atom stereocenters. The fraction of sp³-hybridized carbons (Fsp3) is 0.308. The maximum Gasteiger partial charge on any atom is 0.338 e. The lowest BCUT2D eigenvalue weighted by Crippen LogP contribution is -2.06. The number of terminal acetylenes is 1. The van der Waals surface area contributed by atoms with Crippen molar-refractivity contribution in [1.29, 1.82) is 0 Å². The van der Waals surface area contributed by atoms with Crippen molar-refractivity contribution in [2.45, 2.75) is 13.3 Å². The summed E-state index contributed by atoms with van der Waals surface area (Å²) in [4.78, 5) is 11.6. The SMILES string of the molecule is C#CCCOC(=O)c1ccc(C)c(OC)c1. The minimum atomic E-state index is -0.381. The van der Waals surface area contributed by atoms with E-state index in [1.54, 1.807) is 19.2 Å². The molecule has 1 aromatic carbocycles. The summed E-state index contributed by atoms with van der Waals surface area (Å²) in [5.74, 6) is 2.70. The van der Waals surface area contributed by atoms with E-state index in [2.05, 4.69) is 5.92 Å². The summed E-state index contributed by atoms with van der Waals surface area (Å²) in [6.45, 7) is 2.15. The van der Waals surface area contributed by atoms with Gasteiger partial charge in [0.1, 0.15) is 12.4 Å². The third-order valence-corrected chi connectivity index (χ3v) is 2.12. The summed E-state index contributed by atoms with van der Waals surface area (Å²) < 4.78 is 10.1. The molecule has 0 spiro atoms. The quantitative estimate of drug-likeness (QED) is 0.441. The molecule has 0 saturated heterocycles. The lowest BCUT2D eigenvalue weighted by atomic mass is 10.1. The molecule has 3 heteroatoms. The molecule has 0 heterocycles. The van der Waals surface area contributed by atoms with Crippen LogP contribution in [0.2, 0.25) is 0 Å². The number of hydrogen-bond acceptors (Lipinski definition) is 3. The zero-order valence-electron chi connectivity index (χ0n) is 9.45. The zero-order chi connectivity index (χ0) is 12.0. The summed E-state index contributed by atoms with van der Waals surface area (Å²) in [6, 6.07) is 5.18. The van der Waals surface area contributed by atoms with Crippen molar-refractivity contribution in [2.75, 3.05) is 13.7 Å². The first-order valence-corrected chi connectivity index (χ1v) is 4.94. The average Bonchev–Trinajstić information content (AvgIpc) is 2.30. The Morgan fingerprint density at radius 3 is 2.88 bits per heavy atom. The summed E-state index contributed by atoms with van der Waals surface area (Å²) in [7, 11) is 1.57. The monoisotopic (exact) mass is 218 g/mol. The van der Waals surface area contributed by atoms with Gasteiger partial charge in [0.25, 0.3) is 0 Å². The van der Waals surface area contributed by atoms with Crippen molar-refractivity contribution in [3.05, 3.63) is 29.3 Å². The van der Waals surface area contributed by atoms with Gasteiger partial charge in [-0.2, -0.15) is 0 Å². The van der Waals surface area contributed by atoms with Crippen LogP contribution in [-0.4, -0.2) is 19.7 Å². The van der Waals surface area contributed by atoms with Crippen LogP contribution in [0.3, 0.4) is 0 Å². The van der Waals surface area contributed by atoms with E-state index in [9.17, 15) is 4.79 Å². The van der Waals surface area contributed by atoms with Gasteiger partial charge in [-0.25, -0.2) is 4.79 Å². The predicted octanol–water partition coefficient (Wildman–Crippen LogP) is 2.18. The summed E-state index contributed by atoms with van der Waals surface area (Å²) in [5, 5.41) is 0. The van der Waals surface area contributed by atoms with E-state index < -0.39 is 0 Å². The highest BCUT2D eigenvalue weighted by atomic mass is 16.5. The number of hydrogen-bond donors (Lipinski definition) is 0. The highest BCUT2D eigenvalue weighted by Crippen LogP contribution is 2.19. The topological polar surface area (TPSA) is 35.5 Å². The number of methoxy groups -OCH3 is 1. The van der Waals surface area contributed by atoms with Gasteiger partial charge in [-0.3, -0.25) is 0 Å². The standard InChI is InChI=1S/C13H14O3/c1-4-5-8-16-13(14)11-7-6-10(2)12(9-11)15-3/h1,6-7,9H,5,8H2,2-3H3. The molecule has 0 aliphatic heterocycles. The normalized spacial score (nSPS) is 9.31. The van der Waals surface area contributed by atoms with Gasteiger partial charge in [-0.1, -0.05) is 6.07 Å². The molecule has 0 unspecified atom stereocenters. The number of ether oxygens (including phenoxy) is 2. The zero-order valence-corrected chi connectivity index (χ0v) is 9.45. The fourth-order valence-electron chi connectivity index (χ4n) is 1.23. The molecule has 0 saturated carbocycles. The Kier molecular flexibility index (Phi) is 4.41. The molecule has 0 amide bonds. The van der Waals surface area contributed by atoms with Crippen LogP contribution in [0.5, 0.6) is 5.75 Å². The lowest BCUT2D eigenvalue weighted by molar-refractivity contribution is 0.0513. The molecule has 1 aromatic rings. The van der Waals surface area contributed by atoms with Gasteiger partial charge in [0.05, 0.1) is 12.7 Å². The first-order chi connectivity index (χ1) is 7.69. The first kappa shape index (κ1) is 12.1. The van der Waals surface area contributed by atoms with Crippen LogP contribution in [0.1, 0.15) is 22.3 Å². The summed E-state index contributed by atoms with van der Waals surface area (Å²) >= 11 is 0. The van der Waals surface area contributed by atoms with E-state index in [1.807, 2.05) is 13.0 Å². The van der Waals surface area contributed by atoms with E-state index in [0.29, 0.717) is 17.7 Å². The molecular weight excluding hydrogens is 204 g/mol. The molecule has 0 aliphatic rings. The number of carbonyl (C=O) groups excluding carboxylic acids is 1. The second-order valence-electron chi connectivity index (χ2n) is 3.27. The average molecular weight is 218 g/mol. The summed E-state index contributed by atoms with van der Waals surface area (Å²) in [6.07, 6.45) is 5.48. The van der Waals surface area contributed by atoms with Crippen LogP contribution < -0.4 is 4.74 Å². The molecule has 16 heavy (non-hydrogen) atoms. The smallest absolute Gasteiger partial charge is 0.338 e. The number of carbonyl (C=O) groups is 1. The number of esters is 1. The van der Waals surface area contributed by atoms with E-state index in [-0.39, 0.29) is 12.6 Å². The van der Waals surface area contributed by atoms with Crippen LogP contribution in [0, 0.1) is 19.3 Å². The van der Waals surface area contributed by atoms with Gasteiger partial charge in [0.15, 0.2) is 0 Å². The Bertz CT molecular complexity index is 416. The molecule has 84 valence electrons. The van der Waals surface area contributed by atoms with Gasteiger partial charge < -0.3 is 9.47 Å². The Morgan fingerprint density at radius 1 is 1.50 bits per heavy atom. The van der Waals surface area contributed by atoms with Crippen LogP contribution in [-0.2, 0) is 4.74 Å². The number of rotatable bonds is 4. The Hall–Kier alpha value is -1.95. The molecule has 0 aromatic heterocycles. The number of benzene rings is 1. The van der Waals surface area contributed by atoms with Crippen molar-refractivity contribution in [3.8, 4) is 18.1 Å². The molecule has 0 bridgehead atoms. The Morgan fingerprint density at radius 2 is 2.25 bits per heavy atom. The van der Waals surface area contributed by atoms with Gasteiger partial charge in [-0.05, 0) is 24.6 Å². The molecule has 0 fully saturated rings. The second-order valence-corrected chi connectivity index (χ2v) is 3.27. The summed E-state index contributed by atoms with van der Waals surface area (Å²) in [5.41, 5.74) is 1.45. The third-order valence-electron chi connectivity index (χ3n) is 2.12. The van der Waals surface area contributed by atoms with Crippen LogP contribution in [0.25, 0.3) is 0 Å². The van der Waals surface area contributed by atoms with E-state index in [4.69, 9.17) is 15.9 Å². The molecular formula is C13H14O3. The van der Waals surface area contributed by atoms with Gasteiger partial charge in [0.2, 0.25) is 0 Å². The van der Waals surface area contributed by atoms with Crippen molar-refractivity contribution in [1.82, 2.24) is 0 Å². The lowest BCUT2D eigenvalue weighted by Gasteiger charge is -2.07. The molecule has 0 aliphatic carbocycles. The van der Waals surface area contributed by atoms with Gasteiger partial charge >= 0.3 is 5.97 Å². The predicted molar refractivity (Wildman–Crippen MR) is 61.5 cm³/mol. The molecule has 3 nitrogen and oxygen atoms in total. The largest absolute Gasteiger partial charge is 0.496 e. The fourth-order valence-corrected chi connectivity index (χ4v) is 1.23. The maximum atomic E-state index is 11.6. The highest BCUT2D eigenvalue weighted by Gasteiger charge is 2.09. The molecule has 0 N–H and O–H groups in total. The van der Waals surface area contributed by atoms with Gasteiger partial charge in [0, 0.05) is 6.42 Å². The van der Waals surface area contributed by atoms with Crippen LogP contribution >= 0.6 is 0 Å². The van der Waals surface area contributed by atoms with E-state index in [1.165, 1.54) is 0 Å². The second kappa shape index (κ2) is 5.82. The van der Waals surface area contributed by atoms with Crippen LogP contribution in [0.15, 0.2) is 18.2 Å². The highest BCUT2D eigenvalue weighted by molar-refractivity contribution is 5.90. The van der Waals surface area contributed by atoms with Crippen molar-refractivity contribution >= 4 is 5.97 Å². The van der Waals surface area contributed by atoms with Crippen molar-refractivity contribution in [3.63, 3.8) is 0 Å². The molecule has 0 radical (unpaired) electrons. The van der Waals surface area contributed by atoms with E-state index >= 15 is 0 Å². The minimum absolute atomic E-state index is 0.242.